The van der Waals surface area contributed by atoms with Gasteiger partial charge in [0.15, 0.2) is 0 Å². The van der Waals surface area contributed by atoms with Gasteiger partial charge in [-0.25, -0.2) is 4.79 Å². The summed E-state index contributed by atoms with van der Waals surface area (Å²) in [5.74, 6) is -0.0244. The number of aliphatic hydroxyl groups excluding tert-OH is 1. The molecular formula is C19H24N2O4. The summed E-state index contributed by atoms with van der Waals surface area (Å²) in [7, 11) is 0. The summed E-state index contributed by atoms with van der Waals surface area (Å²) in [6, 6.07) is 9.70. The van der Waals surface area contributed by atoms with Gasteiger partial charge in [0, 0.05) is 17.7 Å². The monoisotopic (exact) mass is 344 g/mol. The fourth-order valence-electron chi connectivity index (χ4n) is 2.70. The molecule has 0 bridgehead atoms. The third-order valence-corrected chi connectivity index (χ3v) is 3.85. The zero-order valence-corrected chi connectivity index (χ0v) is 14.6. The first-order valence-electron chi connectivity index (χ1n) is 8.28. The lowest BCUT2D eigenvalue weighted by atomic mass is 9.98. The molecule has 0 amide bonds. The quantitative estimate of drug-likeness (QED) is 0.565. The Morgan fingerprint density at radius 1 is 1.20 bits per heavy atom. The summed E-state index contributed by atoms with van der Waals surface area (Å²) in [4.78, 5) is 27.0. The van der Waals surface area contributed by atoms with Crippen molar-refractivity contribution in [2.75, 3.05) is 13.2 Å². The van der Waals surface area contributed by atoms with Crippen LogP contribution in [0, 0.1) is 0 Å². The molecule has 6 heteroatoms. The van der Waals surface area contributed by atoms with Crippen LogP contribution in [0.4, 0.5) is 0 Å². The molecule has 2 rings (SSSR count). The van der Waals surface area contributed by atoms with Crippen molar-refractivity contribution in [2.45, 2.75) is 32.9 Å². The van der Waals surface area contributed by atoms with Crippen molar-refractivity contribution < 1.29 is 9.84 Å². The van der Waals surface area contributed by atoms with Crippen molar-refractivity contribution in [3.8, 4) is 0 Å². The minimum absolute atomic E-state index is 0.0244. The molecule has 0 saturated carbocycles. The molecule has 0 radical (unpaired) electrons. The van der Waals surface area contributed by atoms with Gasteiger partial charge in [-0.05, 0) is 11.5 Å². The molecule has 0 fully saturated rings. The molecular weight excluding hydrogens is 320 g/mol. The smallest absolute Gasteiger partial charge is 0.330 e. The van der Waals surface area contributed by atoms with Crippen LogP contribution in [0.15, 0.2) is 52.1 Å². The SMILES string of the molecule is CC(C)c1c(Cc2ccccc2)n(COCC=CCO)c(=O)[nH]c1=O. The molecule has 134 valence electrons. The highest BCUT2D eigenvalue weighted by molar-refractivity contribution is 5.28. The molecule has 0 spiro atoms. The molecule has 0 unspecified atom stereocenters. The number of aromatic amines is 1. The van der Waals surface area contributed by atoms with Gasteiger partial charge in [-0.3, -0.25) is 14.3 Å². The summed E-state index contributed by atoms with van der Waals surface area (Å²) >= 11 is 0. The van der Waals surface area contributed by atoms with Gasteiger partial charge in [0.1, 0.15) is 6.73 Å². The number of aliphatic hydroxyl groups is 1. The van der Waals surface area contributed by atoms with Crippen molar-refractivity contribution in [3.63, 3.8) is 0 Å². The molecule has 1 aromatic carbocycles. The summed E-state index contributed by atoms with van der Waals surface area (Å²) in [6.45, 7) is 4.11. The van der Waals surface area contributed by atoms with Crippen LogP contribution in [0.3, 0.4) is 0 Å². The lowest BCUT2D eigenvalue weighted by Gasteiger charge is -2.18. The Bertz CT molecular complexity index is 820. The first-order chi connectivity index (χ1) is 12.0. The molecule has 0 saturated heterocycles. The zero-order chi connectivity index (χ0) is 18.2. The van der Waals surface area contributed by atoms with Crippen LogP contribution < -0.4 is 11.2 Å². The Hall–Kier alpha value is -2.44. The summed E-state index contributed by atoms with van der Waals surface area (Å²) in [5, 5.41) is 8.73. The van der Waals surface area contributed by atoms with Crippen LogP contribution in [0.25, 0.3) is 0 Å². The summed E-state index contributed by atoms with van der Waals surface area (Å²) < 4.78 is 6.97. The standard InChI is InChI=1S/C19H24N2O4/c1-14(2)17-16(12-15-8-4-3-5-9-15)21(19(24)20-18(17)23)13-25-11-7-6-10-22/h3-9,14,22H,10-13H2,1-2H3,(H,20,23,24). The third kappa shape index (κ3) is 5.01. The molecule has 25 heavy (non-hydrogen) atoms. The van der Waals surface area contributed by atoms with Crippen LogP contribution in [0.1, 0.15) is 36.6 Å². The van der Waals surface area contributed by atoms with Crippen LogP contribution in [0.2, 0.25) is 0 Å². The maximum Gasteiger partial charge on any atom is 0.330 e. The fourth-order valence-corrected chi connectivity index (χ4v) is 2.70. The van der Waals surface area contributed by atoms with Gasteiger partial charge < -0.3 is 9.84 Å². The second kappa shape index (κ2) is 9.15. The average molecular weight is 344 g/mol. The number of ether oxygens (including phenoxy) is 1. The van der Waals surface area contributed by atoms with Gasteiger partial charge in [0.2, 0.25) is 0 Å². The van der Waals surface area contributed by atoms with Gasteiger partial charge >= 0.3 is 5.69 Å². The van der Waals surface area contributed by atoms with E-state index in [0.717, 1.165) is 5.56 Å². The van der Waals surface area contributed by atoms with E-state index < -0.39 is 5.69 Å². The largest absolute Gasteiger partial charge is 0.392 e. The first-order valence-corrected chi connectivity index (χ1v) is 8.28. The predicted octanol–water partition coefficient (Wildman–Crippen LogP) is 1.77. The van der Waals surface area contributed by atoms with Gasteiger partial charge in [0.05, 0.1) is 13.2 Å². The number of hydrogen-bond donors (Lipinski definition) is 2. The first kappa shape index (κ1) is 18.9. The number of aromatic nitrogens is 2. The van der Waals surface area contributed by atoms with Gasteiger partial charge in [-0.1, -0.05) is 56.3 Å². The molecule has 2 aromatic rings. The van der Waals surface area contributed by atoms with E-state index in [1.807, 2.05) is 44.2 Å². The summed E-state index contributed by atoms with van der Waals surface area (Å²) in [5.41, 5.74) is 1.45. The van der Waals surface area contributed by atoms with Gasteiger partial charge in [0.25, 0.3) is 5.56 Å². The highest BCUT2D eigenvalue weighted by Gasteiger charge is 2.18. The van der Waals surface area contributed by atoms with Crippen molar-refractivity contribution in [3.05, 3.63) is 80.1 Å². The van der Waals surface area contributed by atoms with E-state index in [4.69, 9.17) is 9.84 Å². The molecule has 2 N–H and O–H groups in total. The van der Waals surface area contributed by atoms with E-state index in [-0.39, 0.29) is 31.4 Å². The summed E-state index contributed by atoms with van der Waals surface area (Å²) in [6.07, 6.45) is 3.72. The number of rotatable bonds is 8. The van der Waals surface area contributed by atoms with Crippen LogP contribution in [-0.2, 0) is 17.9 Å². The van der Waals surface area contributed by atoms with Gasteiger partial charge in [-0.15, -0.1) is 0 Å². The normalized spacial score (nSPS) is 11.5. The number of benzene rings is 1. The number of nitrogens with one attached hydrogen (secondary N) is 1. The number of hydrogen-bond acceptors (Lipinski definition) is 4. The topological polar surface area (TPSA) is 84.3 Å². The van der Waals surface area contributed by atoms with Crippen LogP contribution in [0.5, 0.6) is 0 Å². The van der Waals surface area contributed by atoms with Crippen LogP contribution >= 0.6 is 0 Å². The Balaban J connectivity index is 2.41. The fraction of sp³-hybridized carbons (Fsp3) is 0.368. The molecule has 1 aromatic heterocycles. The van der Waals surface area contributed by atoms with Crippen molar-refractivity contribution in [2.24, 2.45) is 0 Å². The second-order valence-corrected chi connectivity index (χ2v) is 6.02. The van der Waals surface area contributed by atoms with Crippen molar-refractivity contribution >= 4 is 0 Å². The Morgan fingerprint density at radius 2 is 1.92 bits per heavy atom. The lowest BCUT2D eigenvalue weighted by molar-refractivity contribution is 0.0937. The highest BCUT2D eigenvalue weighted by Crippen LogP contribution is 2.17. The number of H-pyrrole nitrogens is 1. The molecule has 0 atom stereocenters. The Labute approximate surface area is 146 Å². The Morgan fingerprint density at radius 3 is 2.56 bits per heavy atom. The highest BCUT2D eigenvalue weighted by atomic mass is 16.5. The third-order valence-electron chi connectivity index (χ3n) is 3.85. The van der Waals surface area contributed by atoms with E-state index in [1.54, 1.807) is 12.2 Å². The lowest BCUT2D eigenvalue weighted by Crippen LogP contribution is -2.36. The molecule has 1 heterocycles. The maximum absolute atomic E-state index is 12.3. The molecule has 6 nitrogen and oxygen atoms in total. The minimum atomic E-state index is -0.480. The molecule has 0 aliphatic heterocycles. The van der Waals surface area contributed by atoms with Crippen LogP contribution in [-0.4, -0.2) is 27.9 Å². The predicted molar refractivity (Wildman–Crippen MR) is 96.8 cm³/mol. The minimum Gasteiger partial charge on any atom is -0.392 e. The second-order valence-electron chi connectivity index (χ2n) is 6.02. The van der Waals surface area contributed by atoms with Crippen molar-refractivity contribution in [1.29, 1.82) is 0 Å². The van der Waals surface area contributed by atoms with Gasteiger partial charge in [-0.2, -0.15) is 0 Å². The Kier molecular flexibility index (Phi) is 6.91. The van der Waals surface area contributed by atoms with E-state index in [1.165, 1.54) is 4.57 Å². The van der Waals surface area contributed by atoms with Crippen molar-refractivity contribution in [1.82, 2.24) is 9.55 Å². The average Bonchev–Trinajstić information content (AvgIpc) is 2.57. The van der Waals surface area contributed by atoms with E-state index in [2.05, 4.69) is 4.98 Å². The molecule has 0 aliphatic rings. The molecule has 0 aliphatic carbocycles. The maximum atomic E-state index is 12.3. The van der Waals surface area contributed by atoms with E-state index >= 15 is 0 Å². The zero-order valence-electron chi connectivity index (χ0n) is 14.6. The van der Waals surface area contributed by atoms with E-state index in [9.17, 15) is 9.59 Å². The van der Waals surface area contributed by atoms with E-state index in [0.29, 0.717) is 17.7 Å². The number of nitrogens with zero attached hydrogens (tertiary/aromatic N) is 1.